The minimum absolute atomic E-state index is 0.380. The van der Waals surface area contributed by atoms with Crippen LogP contribution in [-0.2, 0) is 6.54 Å². The van der Waals surface area contributed by atoms with Crippen molar-refractivity contribution in [3.63, 3.8) is 0 Å². The minimum Gasteiger partial charge on any atom is -0.496 e. The summed E-state index contributed by atoms with van der Waals surface area (Å²) in [5, 5.41) is 12.8. The first-order valence-electron chi connectivity index (χ1n) is 5.43. The number of hydrogen-bond acceptors (Lipinski definition) is 3. The quantitative estimate of drug-likeness (QED) is 0.876. The summed E-state index contributed by atoms with van der Waals surface area (Å²) in [6.45, 7) is 4.99. The standard InChI is InChI=1S/C13H17ClN2O/c1-13(2,8-15)9-16-7-10-11(14)5-4-6-12(10)17-3/h4-6,16H,7,9H2,1-3H3. The van der Waals surface area contributed by atoms with E-state index in [2.05, 4.69) is 11.4 Å². The molecule has 0 aliphatic heterocycles. The molecule has 17 heavy (non-hydrogen) atoms. The van der Waals surface area contributed by atoms with Gasteiger partial charge in [0, 0.05) is 23.7 Å². The highest BCUT2D eigenvalue weighted by Gasteiger charge is 2.16. The van der Waals surface area contributed by atoms with Gasteiger partial charge in [-0.25, -0.2) is 0 Å². The Morgan fingerprint density at radius 1 is 1.47 bits per heavy atom. The second-order valence-electron chi connectivity index (χ2n) is 4.52. The molecular weight excluding hydrogens is 236 g/mol. The van der Waals surface area contributed by atoms with Gasteiger partial charge in [-0.2, -0.15) is 5.26 Å². The number of nitriles is 1. The fourth-order valence-corrected chi connectivity index (χ4v) is 1.67. The molecule has 0 amide bonds. The molecule has 0 aliphatic rings. The number of ether oxygens (including phenoxy) is 1. The van der Waals surface area contributed by atoms with Crippen LogP contribution < -0.4 is 10.1 Å². The van der Waals surface area contributed by atoms with E-state index in [0.717, 1.165) is 11.3 Å². The van der Waals surface area contributed by atoms with Crippen LogP contribution in [0.5, 0.6) is 5.75 Å². The largest absolute Gasteiger partial charge is 0.496 e. The Balaban J connectivity index is 2.67. The number of benzene rings is 1. The SMILES string of the molecule is COc1cccc(Cl)c1CNCC(C)(C)C#N. The maximum Gasteiger partial charge on any atom is 0.124 e. The Morgan fingerprint density at radius 3 is 2.76 bits per heavy atom. The molecule has 0 unspecified atom stereocenters. The third-order valence-corrected chi connectivity index (χ3v) is 2.82. The van der Waals surface area contributed by atoms with Crippen molar-refractivity contribution in [1.29, 1.82) is 5.26 Å². The van der Waals surface area contributed by atoms with Crippen LogP contribution in [0.4, 0.5) is 0 Å². The van der Waals surface area contributed by atoms with E-state index in [9.17, 15) is 0 Å². The molecule has 0 aromatic heterocycles. The third-order valence-electron chi connectivity index (χ3n) is 2.47. The maximum absolute atomic E-state index is 8.91. The zero-order chi connectivity index (χ0) is 12.9. The maximum atomic E-state index is 8.91. The van der Waals surface area contributed by atoms with Gasteiger partial charge in [-0.05, 0) is 26.0 Å². The second kappa shape index (κ2) is 5.90. The second-order valence-corrected chi connectivity index (χ2v) is 4.93. The molecule has 0 fully saturated rings. The van der Waals surface area contributed by atoms with Crippen molar-refractivity contribution in [2.45, 2.75) is 20.4 Å². The van der Waals surface area contributed by atoms with Gasteiger partial charge in [0.15, 0.2) is 0 Å². The molecule has 0 radical (unpaired) electrons. The van der Waals surface area contributed by atoms with Gasteiger partial charge < -0.3 is 10.1 Å². The molecule has 0 atom stereocenters. The molecule has 1 N–H and O–H groups in total. The highest BCUT2D eigenvalue weighted by molar-refractivity contribution is 6.31. The molecule has 1 aromatic carbocycles. The summed E-state index contributed by atoms with van der Waals surface area (Å²) < 4.78 is 5.25. The van der Waals surface area contributed by atoms with E-state index >= 15 is 0 Å². The molecule has 0 heterocycles. The molecule has 0 saturated heterocycles. The van der Waals surface area contributed by atoms with E-state index < -0.39 is 0 Å². The molecule has 1 aromatic rings. The summed E-state index contributed by atoms with van der Waals surface area (Å²) in [5.74, 6) is 0.764. The third kappa shape index (κ3) is 3.92. The Hall–Kier alpha value is -1.24. The molecule has 4 heteroatoms. The van der Waals surface area contributed by atoms with Crippen LogP contribution in [0.3, 0.4) is 0 Å². The predicted octanol–water partition coefficient (Wildman–Crippen LogP) is 2.99. The van der Waals surface area contributed by atoms with Crippen molar-refractivity contribution in [1.82, 2.24) is 5.32 Å². The Kier molecular flexibility index (Phi) is 4.80. The highest BCUT2D eigenvalue weighted by Crippen LogP contribution is 2.26. The van der Waals surface area contributed by atoms with Crippen molar-refractivity contribution in [2.24, 2.45) is 5.41 Å². The van der Waals surface area contributed by atoms with Crippen molar-refractivity contribution >= 4 is 11.6 Å². The average molecular weight is 253 g/mol. The lowest BCUT2D eigenvalue weighted by Gasteiger charge is -2.17. The van der Waals surface area contributed by atoms with Crippen LogP contribution in [0, 0.1) is 16.7 Å². The van der Waals surface area contributed by atoms with E-state index in [0.29, 0.717) is 18.1 Å². The van der Waals surface area contributed by atoms with Crippen LogP contribution in [-0.4, -0.2) is 13.7 Å². The lowest BCUT2D eigenvalue weighted by Crippen LogP contribution is -2.27. The minimum atomic E-state index is -0.380. The first-order chi connectivity index (χ1) is 8.00. The Bertz CT molecular complexity index is 424. The summed E-state index contributed by atoms with van der Waals surface area (Å²) in [7, 11) is 1.62. The Morgan fingerprint density at radius 2 is 2.18 bits per heavy atom. The first kappa shape index (κ1) is 13.8. The summed E-state index contributed by atoms with van der Waals surface area (Å²) in [6.07, 6.45) is 0. The summed E-state index contributed by atoms with van der Waals surface area (Å²) in [4.78, 5) is 0. The molecule has 92 valence electrons. The van der Waals surface area contributed by atoms with E-state index in [-0.39, 0.29) is 5.41 Å². The fraction of sp³-hybridized carbons (Fsp3) is 0.462. The van der Waals surface area contributed by atoms with Crippen molar-refractivity contribution < 1.29 is 4.74 Å². The van der Waals surface area contributed by atoms with E-state index in [1.54, 1.807) is 7.11 Å². The number of nitrogens with one attached hydrogen (secondary N) is 1. The molecular formula is C13H17ClN2O. The zero-order valence-corrected chi connectivity index (χ0v) is 11.1. The molecule has 1 rings (SSSR count). The summed E-state index contributed by atoms with van der Waals surface area (Å²) >= 11 is 6.11. The van der Waals surface area contributed by atoms with E-state index in [4.69, 9.17) is 21.6 Å². The Labute approximate surface area is 107 Å². The summed E-state index contributed by atoms with van der Waals surface area (Å²) in [6, 6.07) is 7.80. The lowest BCUT2D eigenvalue weighted by atomic mass is 9.96. The van der Waals surface area contributed by atoms with E-state index in [1.807, 2.05) is 32.0 Å². The van der Waals surface area contributed by atoms with Crippen LogP contribution in [0.25, 0.3) is 0 Å². The van der Waals surface area contributed by atoms with Gasteiger partial charge in [-0.15, -0.1) is 0 Å². The van der Waals surface area contributed by atoms with Crippen molar-refractivity contribution in [2.75, 3.05) is 13.7 Å². The molecule has 0 bridgehead atoms. The van der Waals surface area contributed by atoms with Crippen LogP contribution >= 0.6 is 11.6 Å². The highest BCUT2D eigenvalue weighted by atomic mass is 35.5. The smallest absolute Gasteiger partial charge is 0.124 e. The van der Waals surface area contributed by atoms with Gasteiger partial charge in [0.1, 0.15) is 5.75 Å². The number of rotatable bonds is 5. The summed E-state index contributed by atoms with van der Waals surface area (Å²) in [5.41, 5.74) is 0.541. The molecule has 3 nitrogen and oxygen atoms in total. The van der Waals surface area contributed by atoms with Gasteiger partial charge >= 0.3 is 0 Å². The normalized spacial score (nSPS) is 11.0. The van der Waals surface area contributed by atoms with Crippen LogP contribution in [0.2, 0.25) is 5.02 Å². The number of hydrogen-bond donors (Lipinski definition) is 1. The van der Waals surface area contributed by atoms with Crippen molar-refractivity contribution in [3.05, 3.63) is 28.8 Å². The van der Waals surface area contributed by atoms with Crippen LogP contribution in [0.1, 0.15) is 19.4 Å². The predicted molar refractivity (Wildman–Crippen MR) is 69.1 cm³/mol. The van der Waals surface area contributed by atoms with Crippen molar-refractivity contribution in [3.8, 4) is 11.8 Å². The van der Waals surface area contributed by atoms with Gasteiger partial charge in [-0.1, -0.05) is 17.7 Å². The van der Waals surface area contributed by atoms with Gasteiger partial charge in [-0.3, -0.25) is 0 Å². The van der Waals surface area contributed by atoms with Crippen LogP contribution in [0.15, 0.2) is 18.2 Å². The topological polar surface area (TPSA) is 45.0 Å². The number of halogens is 1. The fourth-order valence-electron chi connectivity index (χ4n) is 1.44. The van der Waals surface area contributed by atoms with Gasteiger partial charge in [0.05, 0.1) is 18.6 Å². The van der Waals surface area contributed by atoms with E-state index in [1.165, 1.54) is 0 Å². The molecule has 0 saturated carbocycles. The molecule has 0 aliphatic carbocycles. The van der Waals surface area contributed by atoms with Gasteiger partial charge in [0.25, 0.3) is 0 Å². The first-order valence-corrected chi connectivity index (χ1v) is 5.81. The monoisotopic (exact) mass is 252 g/mol. The number of nitrogens with zero attached hydrogens (tertiary/aromatic N) is 1. The lowest BCUT2D eigenvalue weighted by molar-refractivity contribution is 0.402. The number of methoxy groups -OCH3 is 1. The van der Waals surface area contributed by atoms with Gasteiger partial charge in [0.2, 0.25) is 0 Å². The molecule has 0 spiro atoms. The zero-order valence-electron chi connectivity index (χ0n) is 10.4. The average Bonchev–Trinajstić information content (AvgIpc) is 2.31.